The molecule has 0 aliphatic carbocycles. The average Bonchev–Trinajstić information content (AvgIpc) is 3.26. The van der Waals surface area contributed by atoms with Gasteiger partial charge in [0.05, 0.1) is 17.5 Å². The van der Waals surface area contributed by atoms with Crippen molar-refractivity contribution in [1.82, 2.24) is 24.3 Å². The van der Waals surface area contributed by atoms with Crippen LogP contribution in [0.4, 0.5) is 0 Å². The van der Waals surface area contributed by atoms with Crippen LogP contribution in [0.3, 0.4) is 0 Å². The molecule has 6 heteroatoms. The fraction of sp³-hybridized carbons (Fsp3) is 0.118. The Labute approximate surface area is 141 Å². The Morgan fingerprint density at radius 3 is 2.74 bits per heavy atom. The van der Waals surface area contributed by atoms with Crippen LogP contribution < -0.4 is 0 Å². The summed E-state index contributed by atoms with van der Waals surface area (Å²) in [5.41, 5.74) is 3.22. The van der Waals surface area contributed by atoms with Gasteiger partial charge in [0.2, 0.25) is 0 Å². The molecule has 0 N–H and O–H groups in total. The zero-order valence-electron chi connectivity index (χ0n) is 12.5. The number of rotatable bonds is 3. The number of aromatic nitrogens is 5. The standard InChI is InChI=1S/C17H14BrN5/c1-2-12-8-13-15(9-14(12)18)21-17(23-6-3-4-20-23)10-16(13)22-7-5-19-11-22/h3-11H,2H2,1H3. The van der Waals surface area contributed by atoms with Crippen LogP contribution >= 0.6 is 15.9 Å². The second-order valence-electron chi connectivity index (χ2n) is 5.23. The van der Waals surface area contributed by atoms with Crippen molar-refractivity contribution < 1.29 is 0 Å². The molecule has 114 valence electrons. The molecule has 1 aromatic carbocycles. The molecular weight excluding hydrogens is 354 g/mol. The highest BCUT2D eigenvalue weighted by Crippen LogP contribution is 2.29. The maximum absolute atomic E-state index is 4.76. The first-order valence-electron chi connectivity index (χ1n) is 7.38. The lowest BCUT2D eigenvalue weighted by molar-refractivity contribution is 0.849. The van der Waals surface area contributed by atoms with Crippen molar-refractivity contribution in [1.29, 1.82) is 0 Å². The molecular formula is C17H14BrN5. The normalized spacial score (nSPS) is 11.2. The molecule has 0 aliphatic heterocycles. The Hall–Kier alpha value is -2.47. The van der Waals surface area contributed by atoms with Gasteiger partial charge < -0.3 is 4.57 Å². The molecule has 0 saturated carbocycles. The van der Waals surface area contributed by atoms with Crippen LogP contribution in [0.2, 0.25) is 0 Å². The summed E-state index contributed by atoms with van der Waals surface area (Å²) in [6, 6.07) is 8.18. The molecule has 0 atom stereocenters. The third kappa shape index (κ3) is 2.45. The molecule has 3 heterocycles. The first-order chi connectivity index (χ1) is 11.3. The molecule has 0 aliphatic rings. The largest absolute Gasteiger partial charge is 0.306 e. The Kier molecular flexibility index (Phi) is 3.46. The molecule has 0 unspecified atom stereocenters. The number of aryl methyl sites for hydroxylation is 1. The number of hydrogen-bond donors (Lipinski definition) is 0. The highest BCUT2D eigenvalue weighted by Gasteiger charge is 2.11. The molecule has 5 nitrogen and oxygen atoms in total. The Balaban J connectivity index is 2.06. The summed E-state index contributed by atoms with van der Waals surface area (Å²) < 4.78 is 4.85. The first-order valence-corrected chi connectivity index (χ1v) is 8.17. The van der Waals surface area contributed by atoms with Crippen LogP contribution in [0.5, 0.6) is 0 Å². The highest BCUT2D eigenvalue weighted by atomic mass is 79.9. The number of pyridine rings is 1. The second kappa shape index (κ2) is 5.62. The minimum absolute atomic E-state index is 0.780. The predicted molar refractivity (Wildman–Crippen MR) is 93.1 cm³/mol. The van der Waals surface area contributed by atoms with E-state index in [4.69, 9.17) is 4.98 Å². The number of benzene rings is 1. The summed E-state index contributed by atoms with van der Waals surface area (Å²) in [7, 11) is 0. The van der Waals surface area contributed by atoms with Crippen molar-refractivity contribution >= 4 is 26.8 Å². The van der Waals surface area contributed by atoms with E-state index in [1.807, 2.05) is 29.1 Å². The highest BCUT2D eigenvalue weighted by molar-refractivity contribution is 9.10. The van der Waals surface area contributed by atoms with Crippen molar-refractivity contribution in [2.45, 2.75) is 13.3 Å². The molecule has 0 bridgehead atoms. The van der Waals surface area contributed by atoms with Gasteiger partial charge in [-0.2, -0.15) is 5.10 Å². The summed E-state index contributed by atoms with van der Waals surface area (Å²) >= 11 is 3.64. The molecule has 23 heavy (non-hydrogen) atoms. The van der Waals surface area contributed by atoms with E-state index in [1.165, 1.54) is 5.56 Å². The van der Waals surface area contributed by atoms with E-state index in [2.05, 4.69) is 45.1 Å². The molecule has 0 spiro atoms. The van der Waals surface area contributed by atoms with Gasteiger partial charge in [0.15, 0.2) is 5.82 Å². The van der Waals surface area contributed by atoms with Crippen molar-refractivity contribution in [3.8, 4) is 11.5 Å². The van der Waals surface area contributed by atoms with Crippen molar-refractivity contribution in [2.24, 2.45) is 0 Å². The van der Waals surface area contributed by atoms with Crippen LogP contribution in [0.1, 0.15) is 12.5 Å². The van der Waals surface area contributed by atoms with E-state index < -0.39 is 0 Å². The van der Waals surface area contributed by atoms with Gasteiger partial charge >= 0.3 is 0 Å². The van der Waals surface area contributed by atoms with E-state index in [-0.39, 0.29) is 0 Å². The summed E-state index contributed by atoms with van der Waals surface area (Å²) in [6.45, 7) is 2.15. The molecule has 0 radical (unpaired) electrons. The van der Waals surface area contributed by atoms with Crippen LogP contribution in [-0.2, 0) is 6.42 Å². The van der Waals surface area contributed by atoms with Crippen LogP contribution in [0, 0.1) is 0 Å². The predicted octanol–water partition coefficient (Wildman–Crippen LogP) is 3.93. The van der Waals surface area contributed by atoms with Crippen LogP contribution in [-0.4, -0.2) is 24.3 Å². The Bertz CT molecular complexity index is 958. The second-order valence-corrected chi connectivity index (χ2v) is 6.09. The van der Waals surface area contributed by atoms with Gasteiger partial charge in [-0.25, -0.2) is 14.6 Å². The van der Waals surface area contributed by atoms with Crippen molar-refractivity contribution in [3.05, 3.63) is 65.4 Å². The van der Waals surface area contributed by atoms with Gasteiger partial charge in [-0.3, -0.25) is 0 Å². The third-order valence-electron chi connectivity index (χ3n) is 3.84. The zero-order valence-corrected chi connectivity index (χ0v) is 14.1. The molecule has 0 fully saturated rings. The van der Waals surface area contributed by atoms with Gasteiger partial charge in [0.25, 0.3) is 0 Å². The molecule has 0 saturated heterocycles. The lowest BCUT2D eigenvalue weighted by Gasteiger charge is -2.12. The van der Waals surface area contributed by atoms with E-state index in [9.17, 15) is 0 Å². The van der Waals surface area contributed by atoms with E-state index in [0.29, 0.717) is 0 Å². The van der Waals surface area contributed by atoms with Crippen LogP contribution in [0.15, 0.2) is 59.9 Å². The maximum Gasteiger partial charge on any atom is 0.156 e. The summed E-state index contributed by atoms with van der Waals surface area (Å²) in [4.78, 5) is 8.93. The third-order valence-corrected chi connectivity index (χ3v) is 4.58. The number of hydrogen-bond acceptors (Lipinski definition) is 3. The van der Waals surface area contributed by atoms with Gasteiger partial charge in [-0.15, -0.1) is 0 Å². The monoisotopic (exact) mass is 367 g/mol. The van der Waals surface area contributed by atoms with E-state index >= 15 is 0 Å². The summed E-state index contributed by atoms with van der Waals surface area (Å²) in [5.74, 6) is 0.780. The summed E-state index contributed by atoms with van der Waals surface area (Å²) in [6.07, 6.45) is 10.1. The molecule has 0 amide bonds. The van der Waals surface area contributed by atoms with Gasteiger partial charge in [0.1, 0.15) is 0 Å². The lowest BCUT2D eigenvalue weighted by atomic mass is 10.1. The quantitative estimate of drug-likeness (QED) is 0.551. The summed E-state index contributed by atoms with van der Waals surface area (Å²) in [5, 5.41) is 5.39. The fourth-order valence-electron chi connectivity index (χ4n) is 2.67. The minimum Gasteiger partial charge on any atom is -0.306 e. The van der Waals surface area contributed by atoms with Gasteiger partial charge in [0, 0.05) is 40.7 Å². The average molecular weight is 368 g/mol. The Morgan fingerprint density at radius 2 is 2.04 bits per heavy atom. The number of nitrogens with zero attached hydrogens (tertiary/aromatic N) is 5. The number of fused-ring (bicyclic) bond motifs is 1. The smallest absolute Gasteiger partial charge is 0.156 e. The zero-order chi connectivity index (χ0) is 15.8. The topological polar surface area (TPSA) is 48.5 Å². The SMILES string of the molecule is CCc1cc2c(-n3ccnc3)cc(-n3cccn3)nc2cc1Br. The van der Waals surface area contributed by atoms with Crippen molar-refractivity contribution in [2.75, 3.05) is 0 Å². The van der Waals surface area contributed by atoms with Crippen molar-refractivity contribution in [3.63, 3.8) is 0 Å². The molecule has 3 aromatic heterocycles. The van der Waals surface area contributed by atoms with Gasteiger partial charge in [-0.05, 0) is 30.2 Å². The molecule has 4 aromatic rings. The number of halogens is 1. The minimum atomic E-state index is 0.780. The lowest BCUT2D eigenvalue weighted by Crippen LogP contribution is -2.02. The first kappa shape index (κ1) is 14.1. The van der Waals surface area contributed by atoms with Gasteiger partial charge in [-0.1, -0.05) is 22.9 Å². The molecule has 4 rings (SSSR count). The van der Waals surface area contributed by atoms with E-state index in [0.717, 1.165) is 33.3 Å². The van der Waals surface area contributed by atoms with E-state index in [1.54, 1.807) is 23.4 Å². The number of imidazole rings is 1. The Morgan fingerprint density at radius 1 is 1.13 bits per heavy atom. The maximum atomic E-state index is 4.76. The fourth-order valence-corrected chi connectivity index (χ4v) is 3.28. The van der Waals surface area contributed by atoms with Crippen LogP contribution in [0.25, 0.3) is 22.4 Å².